The molecule has 1 fully saturated rings. The fraction of sp³-hybridized carbons (Fsp3) is 0.462. The molecule has 1 aliphatic rings. The van der Waals surface area contributed by atoms with Crippen LogP contribution in [0.3, 0.4) is 0 Å². The molecule has 0 radical (unpaired) electrons. The molecule has 17 heavy (non-hydrogen) atoms. The number of benzene rings is 1. The van der Waals surface area contributed by atoms with Gasteiger partial charge in [0, 0.05) is 5.39 Å². The van der Waals surface area contributed by atoms with Crippen LogP contribution in [-0.4, -0.2) is 22.9 Å². The zero-order chi connectivity index (χ0) is 11.8. The number of aryl methyl sites for hydroxylation is 1. The number of halogens is 1. The Morgan fingerprint density at radius 3 is 2.88 bits per heavy atom. The van der Waals surface area contributed by atoms with E-state index in [4.69, 9.17) is 0 Å². The summed E-state index contributed by atoms with van der Waals surface area (Å²) in [5.74, 6) is -0.187. The van der Waals surface area contributed by atoms with Crippen molar-refractivity contribution in [3.8, 4) is 0 Å². The Bertz CT molecular complexity index is 541. The number of hydrogen-bond acceptors (Lipinski definition) is 2. The van der Waals surface area contributed by atoms with Gasteiger partial charge in [-0.05, 0) is 51.1 Å². The summed E-state index contributed by atoms with van der Waals surface area (Å²) in [6, 6.07) is 5.32. The van der Waals surface area contributed by atoms with Gasteiger partial charge in [-0.3, -0.25) is 4.68 Å². The minimum absolute atomic E-state index is 0.187. The van der Waals surface area contributed by atoms with Crippen molar-refractivity contribution in [2.24, 2.45) is 0 Å². The van der Waals surface area contributed by atoms with Crippen LogP contribution in [-0.2, 0) is 0 Å². The van der Waals surface area contributed by atoms with Crippen molar-refractivity contribution < 1.29 is 4.39 Å². The number of rotatable bonds is 1. The number of piperidine rings is 1. The van der Waals surface area contributed by atoms with Crippen LogP contribution in [0.4, 0.5) is 4.39 Å². The fourth-order valence-corrected chi connectivity index (χ4v) is 2.60. The standard InChI is InChI=1S/C13H16FN3/c1-9-12-3-2-10(14)8-13(12)17(16-9)11-4-6-15-7-5-11/h2-3,8,11,15H,4-7H2,1H3. The van der Waals surface area contributed by atoms with Gasteiger partial charge in [-0.25, -0.2) is 4.39 Å². The first-order valence-corrected chi connectivity index (χ1v) is 6.11. The highest BCUT2D eigenvalue weighted by atomic mass is 19.1. The molecule has 2 aromatic rings. The molecule has 0 spiro atoms. The summed E-state index contributed by atoms with van der Waals surface area (Å²) in [7, 11) is 0. The minimum atomic E-state index is -0.187. The van der Waals surface area contributed by atoms with E-state index in [0.29, 0.717) is 6.04 Å². The average molecular weight is 233 g/mol. The molecule has 0 bridgehead atoms. The van der Waals surface area contributed by atoms with Gasteiger partial charge < -0.3 is 5.32 Å². The van der Waals surface area contributed by atoms with Crippen molar-refractivity contribution in [1.82, 2.24) is 15.1 Å². The highest BCUT2D eigenvalue weighted by Gasteiger charge is 2.19. The molecular formula is C13H16FN3. The Hall–Kier alpha value is -1.42. The van der Waals surface area contributed by atoms with E-state index >= 15 is 0 Å². The first kappa shape index (κ1) is 10.7. The molecule has 2 heterocycles. The van der Waals surface area contributed by atoms with E-state index in [1.807, 2.05) is 17.7 Å². The summed E-state index contributed by atoms with van der Waals surface area (Å²) in [5.41, 5.74) is 1.91. The third-order valence-electron chi connectivity index (χ3n) is 3.51. The predicted octanol–water partition coefficient (Wildman–Crippen LogP) is 2.41. The third kappa shape index (κ3) is 1.82. The SMILES string of the molecule is Cc1nn(C2CCNCC2)c2cc(F)ccc12. The topological polar surface area (TPSA) is 29.9 Å². The van der Waals surface area contributed by atoms with Crippen LogP contribution < -0.4 is 5.32 Å². The smallest absolute Gasteiger partial charge is 0.125 e. The monoisotopic (exact) mass is 233 g/mol. The van der Waals surface area contributed by atoms with E-state index in [0.717, 1.165) is 42.5 Å². The molecule has 3 nitrogen and oxygen atoms in total. The van der Waals surface area contributed by atoms with Crippen LogP contribution in [0.25, 0.3) is 10.9 Å². The van der Waals surface area contributed by atoms with E-state index < -0.39 is 0 Å². The Kier molecular flexibility index (Phi) is 2.59. The minimum Gasteiger partial charge on any atom is -0.317 e. The van der Waals surface area contributed by atoms with Gasteiger partial charge in [0.25, 0.3) is 0 Å². The van der Waals surface area contributed by atoms with Gasteiger partial charge in [-0.1, -0.05) is 0 Å². The van der Waals surface area contributed by atoms with E-state index in [2.05, 4.69) is 10.4 Å². The molecule has 0 amide bonds. The lowest BCUT2D eigenvalue weighted by molar-refractivity contribution is 0.350. The zero-order valence-corrected chi connectivity index (χ0v) is 9.91. The molecule has 1 aromatic carbocycles. The Morgan fingerprint density at radius 1 is 1.35 bits per heavy atom. The number of nitrogens with zero attached hydrogens (tertiary/aromatic N) is 2. The number of nitrogens with one attached hydrogen (secondary N) is 1. The lowest BCUT2D eigenvalue weighted by Gasteiger charge is -2.23. The molecule has 0 aliphatic carbocycles. The van der Waals surface area contributed by atoms with Gasteiger partial charge >= 0.3 is 0 Å². The van der Waals surface area contributed by atoms with E-state index in [-0.39, 0.29) is 5.82 Å². The molecule has 0 saturated carbocycles. The van der Waals surface area contributed by atoms with Crippen LogP contribution in [0, 0.1) is 12.7 Å². The lowest BCUT2D eigenvalue weighted by atomic mass is 10.1. The fourth-order valence-electron chi connectivity index (χ4n) is 2.60. The maximum absolute atomic E-state index is 13.3. The van der Waals surface area contributed by atoms with E-state index in [1.165, 1.54) is 6.07 Å². The highest BCUT2D eigenvalue weighted by molar-refractivity contribution is 5.81. The molecule has 0 unspecified atom stereocenters. The van der Waals surface area contributed by atoms with Gasteiger partial charge in [0.1, 0.15) is 5.82 Å². The van der Waals surface area contributed by atoms with E-state index in [1.54, 1.807) is 6.07 Å². The molecule has 1 N–H and O–H groups in total. The quantitative estimate of drug-likeness (QED) is 0.819. The van der Waals surface area contributed by atoms with Crippen molar-refractivity contribution in [3.05, 3.63) is 29.7 Å². The second kappa shape index (κ2) is 4.11. The predicted molar refractivity (Wildman–Crippen MR) is 65.6 cm³/mol. The summed E-state index contributed by atoms with van der Waals surface area (Å²) >= 11 is 0. The van der Waals surface area contributed by atoms with Crippen LogP contribution >= 0.6 is 0 Å². The molecule has 1 saturated heterocycles. The summed E-state index contributed by atoms with van der Waals surface area (Å²) in [5, 5.41) is 8.97. The molecule has 0 atom stereocenters. The average Bonchev–Trinajstić information content (AvgIpc) is 2.67. The van der Waals surface area contributed by atoms with Crippen LogP contribution in [0.1, 0.15) is 24.6 Å². The Morgan fingerprint density at radius 2 is 2.12 bits per heavy atom. The summed E-state index contributed by atoms with van der Waals surface area (Å²) in [6.45, 7) is 4.01. The molecule has 4 heteroatoms. The molecule has 1 aromatic heterocycles. The van der Waals surface area contributed by atoms with Gasteiger partial charge in [0.05, 0.1) is 17.3 Å². The largest absolute Gasteiger partial charge is 0.317 e. The van der Waals surface area contributed by atoms with Gasteiger partial charge in [-0.15, -0.1) is 0 Å². The Balaban J connectivity index is 2.11. The first-order chi connectivity index (χ1) is 8.25. The molecule has 1 aliphatic heterocycles. The van der Waals surface area contributed by atoms with Crippen molar-refractivity contribution in [1.29, 1.82) is 0 Å². The van der Waals surface area contributed by atoms with E-state index in [9.17, 15) is 4.39 Å². The van der Waals surface area contributed by atoms with Gasteiger partial charge in [0.2, 0.25) is 0 Å². The number of aromatic nitrogens is 2. The third-order valence-corrected chi connectivity index (χ3v) is 3.51. The van der Waals surface area contributed by atoms with Crippen molar-refractivity contribution in [2.45, 2.75) is 25.8 Å². The van der Waals surface area contributed by atoms with Crippen LogP contribution in [0.15, 0.2) is 18.2 Å². The van der Waals surface area contributed by atoms with Crippen molar-refractivity contribution >= 4 is 10.9 Å². The van der Waals surface area contributed by atoms with Gasteiger partial charge in [-0.2, -0.15) is 5.10 Å². The van der Waals surface area contributed by atoms with Crippen LogP contribution in [0.2, 0.25) is 0 Å². The maximum Gasteiger partial charge on any atom is 0.125 e. The summed E-state index contributed by atoms with van der Waals surface area (Å²) in [4.78, 5) is 0. The summed E-state index contributed by atoms with van der Waals surface area (Å²) in [6.07, 6.45) is 2.12. The van der Waals surface area contributed by atoms with Gasteiger partial charge in [0.15, 0.2) is 0 Å². The summed E-state index contributed by atoms with van der Waals surface area (Å²) < 4.78 is 15.3. The number of fused-ring (bicyclic) bond motifs is 1. The number of hydrogen-bond donors (Lipinski definition) is 1. The normalized spacial score (nSPS) is 17.8. The zero-order valence-electron chi connectivity index (χ0n) is 9.91. The maximum atomic E-state index is 13.3. The second-order valence-electron chi connectivity index (χ2n) is 4.67. The molecule has 90 valence electrons. The lowest BCUT2D eigenvalue weighted by Crippen LogP contribution is -2.29. The first-order valence-electron chi connectivity index (χ1n) is 6.11. The van der Waals surface area contributed by atoms with Crippen LogP contribution in [0.5, 0.6) is 0 Å². The highest BCUT2D eigenvalue weighted by Crippen LogP contribution is 2.26. The Labute approximate surface area is 99.6 Å². The van der Waals surface area contributed by atoms with Crippen molar-refractivity contribution in [2.75, 3.05) is 13.1 Å². The molecular weight excluding hydrogens is 217 g/mol. The van der Waals surface area contributed by atoms with Crippen molar-refractivity contribution in [3.63, 3.8) is 0 Å². The molecule has 3 rings (SSSR count). The second-order valence-corrected chi connectivity index (χ2v) is 4.67.